The van der Waals surface area contributed by atoms with E-state index in [-0.39, 0.29) is 12.5 Å². The first-order valence-electron chi connectivity index (χ1n) is 8.53. The molecule has 0 aliphatic carbocycles. The fourth-order valence-corrected chi connectivity index (χ4v) is 3.83. The third kappa shape index (κ3) is 4.73. The first kappa shape index (κ1) is 19.5. The van der Waals surface area contributed by atoms with Crippen molar-refractivity contribution in [3.8, 4) is 11.1 Å². The molecule has 3 rings (SSSR count). The van der Waals surface area contributed by atoms with Gasteiger partial charge in [-0.3, -0.25) is 4.79 Å². The van der Waals surface area contributed by atoms with E-state index in [4.69, 9.17) is 16.7 Å². The van der Waals surface area contributed by atoms with Crippen LogP contribution in [-0.2, 0) is 6.54 Å². The Morgan fingerprint density at radius 1 is 1.19 bits per heavy atom. The molecular weight excluding hydrogens is 382 g/mol. The number of carbonyl (C=O) groups excluding carboxylic acids is 1. The van der Waals surface area contributed by atoms with Crippen LogP contribution in [0.15, 0.2) is 48.5 Å². The summed E-state index contributed by atoms with van der Waals surface area (Å²) in [6.45, 7) is 2.95. The van der Waals surface area contributed by atoms with E-state index in [2.05, 4.69) is 15.6 Å². The first-order valence-corrected chi connectivity index (χ1v) is 9.72. The number of aliphatic hydroxyl groups is 1. The summed E-state index contributed by atoms with van der Waals surface area (Å²) in [6, 6.07) is 15.9. The molecule has 1 amide bonds. The minimum absolute atomic E-state index is 0.0425. The lowest BCUT2D eigenvalue weighted by Crippen LogP contribution is -2.16. The highest BCUT2D eigenvalue weighted by molar-refractivity contribution is 7.14. The molecule has 0 atom stereocenters. The zero-order chi connectivity index (χ0) is 19.2. The van der Waals surface area contributed by atoms with Crippen molar-refractivity contribution < 1.29 is 9.90 Å². The third-order valence-electron chi connectivity index (χ3n) is 4.08. The number of hydrogen-bond donors (Lipinski definition) is 3. The lowest BCUT2D eigenvalue weighted by molar-refractivity contribution is 0.102. The fourth-order valence-electron chi connectivity index (χ4n) is 2.70. The van der Waals surface area contributed by atoms with Gasteiger partial charge in [-0.2, -0.15) is 0 Å². The van der Waals surface area contributed by atoms with Crippen LogP contribution >= 0.6 is 22.9 Å². The fraction of sp³-hybridized carbons (Fsp3) is 0.200. The van der Waals surface area contributed by atoms with Gasteiger partial charge in [-0.25, -0.2) is 4.98 Å². The van der Waals surface area contributed by atoms with E-state index in [1.807, 2.05) is 55.5 Å². The molecule has 27 heavy (non-hydrogen) atoms. The van der Waals surface area contributed by atoms with E-state index < -0.39 is 0 Å². The van der Waals surface area contributed by atoms with Gasteiger partial charge in [0, 0.05) is 18.8 Å². The molecule has 0 aliphatic rings. The molecule has 0 spiro atoms. The lowest BCUT2D eigenvalue weighted by Gasteiger charge is -2.12. The van der Waals surface area contributed by atoms with Crippen molar-refractivity contribution in [1.82, 2.24) is 10.3 Å². The van der Waals surface area contributed by atoms with E-state index >= 15 is 0 Å². The van der Waals surface area contributed by atoms with Crippen molar-refractivity contribution >= 4 is 34.5 Å². The molecular formula is C20H20ClN3O2S. The van der Waals surface area contributed by atoms with Gasteiger partial charge in [-0.1, -0.05) is 54.1 Å². The van der Waals surface area contributed by atoms with Crippen LogP contribution in [0.2, 0.25) is 5.15 Å². The Hall–Kier alpha value is -2.25. The summed E-state index contributed by atoms with van der Waals surface area (Å²) >= 11 is 7.37. The molecule has 0 saturated heterocycles. The smallest absolute Gasteiger partial charge is 0.284 e. The SMILES string of the molecule is Cc1c(NC(=O)c2nc(Cl)c(CNCCO)s2)cccc1-c1ccccc1. The second-order valence-corrected chi connectivity index (χ2v) is 7.37. The van der Waals surface area contributed by atoms with Gasteiger partial charge in [0.05, 0.1) is 11.5 Å². The molecule has 0 saturated carbocycles. The molecule has 3 N–H and O–H groups in total. The molecule has 2 aromatic carbocycles. The van der Waals surface area contributed by atoms with Gasteiger partial charge in [-0.05, 0) is 29.7 Å². The minimum atomic E-state index is -0.288. The molecule has 0 bridgehead atoms. The third-order valence-corrected chi connectivity index (χ3v) is 5.56. The van der Waals surface area contributed by atoms with Crippen molar-refractivity contribution in [2.45, 2.75) is 13.5 Å². The van der Waals surface area contributed by atoms with Gasteiger partial charge in [0.1, 0.15) is 5.15 Å². The molecule has 140 valence electrons. The number of benzene rings is 2. The Kier molecular flexibility index (Phi) is 6.58. The molecule has 1 heterocycles. The van der Waals surface area contributed by atoms with Crippen LogP contribution in [0.3, 0.4) is 0 Å². The van der Waals surface area contributed by atoms with E-state index in [0.717, 1.165) is 27.3 Å². The van der Waals surface area contributed by atoms with Crippen molar-refractivity contribution in [2.24, 2.45) is 0 Å². The maximum absolute atomic E-state index is 12.6. The number of aliphatic hydroxyl groups excluding tert-OH is 1. The van der Waals surface area contributed by atoms with Crippen molar-refractivity contribution in [1.29, 1.82) is 0 Å². The normalized spacial score (nSPS) is 10.8. The number of halogens is 1. The number of hydrogen-bond acceptors (Lipinski definition) is 5. The number of rotatable bonds is 7. The summed E-state index contributed by atoms with van der Waals surface area (Å²) in [7, 11) is 0. The molecule has 0 unspecified atom stereocenters. The van der Waals surface area contributed by atoms with E-state index in [1.54, 1.807) is 0 Å². The van der Waals surface area contributed by atoms with Gasteiger partial charge >= 0.3 is 0 Å². The summed E-state index contributed by atoms with van der Waals surface area (Å²) in [4.78, 5) is 17.6. The quantitative estimate of drug-likeness (QED) is 0.521. The van der Waals surface area contributed by atoms with Crippen LogP contribution in [-0.4, -0.2) is 29.1 Å². The number of nitrogens with one attached hydrogen (secondary N) is 2. The summed E-state index contributed by atoms with van der Waals surface area (Å²) in [6.07, 6.45) is 0. The summed E-state index contributed by atoms with van der Waals surface area (Å²) in [5, 5.41) is 15.4. The summed E-state index contributed by atoms with van der Waals surface area (Å²) in [5.74, 6) is -0.288. The lowest BCUT2D eigenvalue weighted by atomic mass is 9.99. The Morgan fingerprint density at radius 2 is 1.96 bits per heavy atom. The number of nitrogens with zero attached hydrogens (tertiary/aromatic N) is 1. The van der Waals surface area contributed by atoms with Crippen molar-refractivity contribution in [3.63, 3.8) is 0 Å². The standard InChI is InChI=1S/C20H20ClN3O2S/c1-13-15(14-6-3-2-4-7-14)8-5-9-16(13)23-19(26)20-24-18(21)17(27-20)12-22-10-11-25/h2-9,22,25H,10-12H2,1H3,(H,23,26). The van der Waals surface area contributed by atoms with Gasteiger partial charge in [0.2, 0.25) is 0 Å². The number of carbonyl (C=O) groups is 1. The molecule has 3 aromatic rings. The van der Waals surface area contributed by atoms with Gasteiger partial charge in [-0.15, -0.1) is 11.3 Å². The van der Waals surface area contributed by atoms with Crippen molar-refractivity contribution in [3.05, 3.63) is 69.1 Å². The molecule has 7 heteroatoms. The zero-order valence-corrected chi connectivity index (χ0v) is 16.4. The maximum atomic E-state index is 12.6. The number of amides is 1. The summed E-state index contributed by atoms with van der Waals surface area (Å²) in [5.41, 5.74) is 3.90. The van der Waals surface area contributed by atoms with Gasteiger partial charge < -0.3 is 15.7 Å². The average molecular weight is 402 g/mol. The highest BCUT2D eigenvalue weighted by Crippen LogP contribution is 2.29. The van der Waals surface area contributed by atoms with Crippen LogP contribution in [0, 0.1) is 6.92 Å². The molecule has 0 fully saturated rings. The van der Waals surface area contributed by atoms with Crippen molar-refractivity contribution in [2.75, 3.05) is 18.5 Å². The summed E-state index contributed by atoms with van der Waals surface area (Å²) < 4.78 is 0. The number of thiazole rings is 1. The average Bonchev–Trinajstić information content (AvgIpc) is 3.05. The molecule has 0 radical (unpaired) electrons. The Balaban J connectivity index is 1.78. The maximum Gasteiger partial charge on any atom is 0.284 e. The van der Waals surface area contributed by atoms with E-state index in [1.165, 1.54) is 11.3 Å². The Morgan fingerprint density at radius 3 is 2.70 bits per heavy atom. The second kappa shape index (κ2) is 9.10. The molecule has 0 aliphatic heterocycles. The van der Waals surface area contributed by atoms with Gasteiger partial charge in [0.25, 0.3) is 5.91 Å². The number of aromatic nitrogens is 1. The monoisotopic (exact) mass is 401 g/mol. The second-order valence-electron chi connectivity index (χ2n) is 5.93. The minimum Gasteiger partial charge on any atom is -0.395 e. The molecule has 1 aromatic heterocycles. The molecule has 5 nitrogen and oxygen atoms in total. The predicted octanol–water partition coefficient (Wildman–Crippen LogP) is 4.11. The number of anilines is 1. The van der Waals surface area contributed by atoms with Crippen LogP contribution < -0.4 is 10.6 Å². The van der Waals surface area contributed by atoms with Crippen LogP contribution in [0.1, 0.15) is 20.2 Å². The highest BCUT2D eigenvalue weighted by atomic mass is 35.5. The van der Waals surface area contributed by atoms with Gasteiger partial charge in [0.15, 0.2) is 5.01 Å². The topological polar surface area (TPSA) is 74.2 Å². The Labute approximate surface area is 167 Å². The van der Waals surface area contributed by atoms with Crippen LogP contribution in [0.4, 0.5) is 5.69 Å². The van der Waals surface area contributed by atoms with E-state index in [0.29, 0.717) is 23.3 Å². The first-order chi connectivity index (χ1) is 13.1. The van der Waals surface area contributed by atoms with Crippen LogP contribution in [0.5, 0.6) is 0 Å². The van der Waals surface area contributed by atoms with Crippen LogP contribution in [0.25, 0.3) is 11.1 Å². The Bertz CT molecular complexity index is 928. The van der Waals surface area contributed by atoms with E-state index in [9.17, 15) is 4.79 Å². The zero-order valence-electron chi connectivity index (χ0n) is 14.8. The predicted molar refractivity (Wildman–Crippen MR) is 110 cm³/mol. The highest BCUT2D eigenvalue weighted by Gasteiger charge is 2.17. The largest absolute Gasteiger partial charge is 0.395 e.